The Morgan fingerprint density at radius 2 is 2.18 bits per heavy atom. The molecular weight excluding hydrogens is 217 g/mol. The van der Waals surface area contributed by atoms with Gasteiger partial charge in [-0.15, -0.1) is 0 Å². The zero-order valence-electron chi connectivity index (χ0n) is 9.65. The summed E-state index contributed by atoms with van der Waals surface area (Å²) in [5.41, 5.74) is 2.09. The van der Waals surface area contributed by atoms with Crippen molar-refractivity contribution in [3.63, 3.8) is 0 Å². The maximum atomic E-state index is 13.8. The summed E-state index contributed by atoms with van der Waals surface area (Å²) in [4.78, 5) is 8.10. The Hall–Kier alpha value is -1.81. The fourth-order valence-corrected chi connectivity index (χ4v) is 1.56. The third-order valence-corrected chi connectivity index (χ3v) is 2.48. The number of hydrogen-bond acceptors (Lipinski definition) is 3. The van der Waals surface area contributed by atoms with E-state index in [0.29, 0.717) is 17.8 Å². The third kappa shape index (κ3) is 2.85. The fourth-order valence-electron chi connectivity index (χ4n) is 1.56. The van der Waals surface area contributed by atoms with Gasteiger partial charge in [-0.1, -0.05) is 19.1 Å². The first-order valence-corrected chi connectivity index (χ1v) is 5.56. The molecule has 0 radical (unpaired) electrons. The van der Waals surface area contributed by atoms with Crippen molar-refractivity contribution < 1.29 is 4.39 Å². The first-order chi connectivity index (χ1) is 8.31. The first kappa shape index (κ1) is 11.7. The van der Waals surface area contributed by atoms with Crippen LogP contribution in [0.2, 0.25) is 0 Å². The molecular formula is C13H14FN3. The molecule has 0 unspecified atom stereocenters. The predicted molar refractivity (Wildman–Crippen MR) is 64.8 cm³/mol. The van der Waals surface area contributed by atoms with Gasteiger partial charge in [0, 0.05) is 30.1 Å². The van der Waals surface area contributed by atoms with Crippen molar-refractivity contribution in [3.05, 3.63) is 48.2 Å². The second-order valence-electron chi connectivity index (χ2n) is 3.68. The second kappa shape index (κ2) is 5.50. The van der Waals surface area contributed by atoms with Crippen molar-refractivity contribution in [2.45, 2.75) is 13.5 Å². The van der Waals surface area contributed by atoms with Crippen molar-refractivity contribution in [2.24, 2.45) is 0 Å². The van der Waals surface area contributed by atoms with Crippen molar-refractivity contribution in [3.8, 4) is 11.3 Å². The minimum atomic E-state index is -0.214. The van der Waals surface area contributed by atoms with Crippen molar-refractivity contribution in [2.75, 3.05) is 6.54 Å². The smallest absolute Gasteiger partial charge is 0.128 e. The lowest BCUT2D eigenvalue weighted by molar-refractivity contribution is 0.594. The zero-order chi connectivity index (χ0) is 12.1. The molecule has 0 aliphatic heterocycles. The molecule has 0 atom stereocenters. The minimum absolute atomic E-state index is 0.214. The highest BCUT2D eigenvalue weighted by Crippen LogP contribution is 2.19. The van der Waals surface area contributed by atoms with E-state index in [9.17, 15) is 4.39 Å². The summed E-state index contributed by atoms with van der Waals surface area (Å²) >= 11 is 0. The van der Waals surface area contributed by atoms with E-state index in [4.69, 9.17) is 0 Å². The molecule has 4 heteroatoms. The largest absolute Gasteiger partial charge is 0.313 e. The van der Waals surface area contributed by atoms with Crippen LogP contribution < -0.4 is 5.32 Å². The quantitative estimate of drug-likeness (QED) is 0.878. The normalized spacial score (nSPS) is 10.5. The van der Waals surface area contributed by atoms with Crippen LogP contribution in [0.15, 0.2) is 36.8 Å². The Morgan fingerprint density at radius 3 is 2.82 bits per heavy atom. The molecule has 0 bridgehead atoms. The Morgan fingerprint density at radius 1 is 1.29 bits per heavy atom. The maximum Gasteiger partial charge on any atom is 0.128 e. The van der Waals surface area contributed by atoms with Gasteiger partial charge in [-0.25, -0.2) is 4.39 Å². The highest BCUT2D eigenvalue weighted by atomic mass is 19.1. The Balaban J connectivity index is 2.25. The molecule has 0 amide bonds. The summed E-state index contributed by atoms with van der Waals surface area (Å²) in [7, 11) is 0. The average molecular weight is 231 g/mol. The van der Waals surface area contributed by atoms with E-state index in [2.05, 4.69) is 15.3 Å². The van der Waals surface area contributed by atoms with E-state index in [-0.39, 0.29) is 5.82 Å². The molecule has 0 aliphatic carbocycles. The Labute approximate surface area is 99.7 Å². The van der Waals surface area contributed by atoms with Crippen LogP contribution in [0.5, 0.6) is 0 Å². The van der Waals surface area contributed by atoms with Gasteiger partial charge in [-0.2, -0.15) is 0 Å². The number of hydrogen-bond donors (Lipinski definition) is 1. The van der Waals surface area contributed by atoms with Gasteiger partial charge in [0.2, 0.25) is 0 Å². The lowest BCUT2D eigenvalue weighted by Gasteiger charge is -2.06. The Kier molecular flexibility index (Phi) is 3.77. The molecule has 0 fully saturated rings. The van der Waals surface area contributed by atoms with E-state index in [1.165, 1.54) is 6.07 Å². The van der Waals surface area contributed by atoms with Crippen LogP contribution in [-0.4, -0.2) is 16.5 Å². The summed E-state index contributed by atoms with van der Waals surface area (Å²) in [6.45, 7) is 3.36. The van der Waals surface area contributed by atoms with Crippen LogP contribution in [0.3, 0.4) is 0 Å². The number of nitrogens with zero attached hydrogens (tertiary/aromatic N) is 2. The molecule has 88 valence electrons. The van der Waals surface area contributed by atoms with Crippen molar-refractivity contribution in [1.29, 1.82) is 0 Å². The topological polar surface area (TPSA) is 37.8 Å². The fraction of sp³-hybridized carbons (Fsp3) is 0.231. The molecule has 2 aromatic rings. The second-order valence-corrected chi connectivity index (χ2v) is 3.68. The minimum Gasteiger partial charge on any atom is -0.313 e. The van der Waals surface area contributed by atoms with Crippen LogP contribution in [-0.2, 0) is 6.54 Å². The molecule has 1 N–H and O–H groups in total. The lowest BCUT2D eigenvalue weighted by Crippen LogP contribution is -2.12. The molecule has 2 rings (SSSR count). The number of nitrogens with one attached hydrogen (secondary N) is 1. The summed E-state index contributed by atoms with van der Waals surface area (Å²) in [5.74, 6) is -0.214. The van der Waals surface area contributed by atoms with Crippen LogP contribution in [0.4, 0.5) is 4.39 Å². The highest BCUT2D eigenvalue weighted by Gasteiger charge is 2.05. The summed E-state index contributed by atoms with van der Waals surface area (Å²) in [6, 6.07) is 5.14. The molecule has 3 nitrogen and oxygen atoms in total. The van der Waals surface area contributed by atoms with Gasteiger partial charge < -0.3 is 5.32 Å². The highest BCUT2D eigenvalue weighted by molar-refractivity contribution is 5.58. The Bertz CT molecular complexity index is 485. The van der Waals surface area contributed by atoms with Crippen LogP contribution in [0, 0.1) is 5.82 Å². The molecule has 1 aromatic heterocycles. The molecule has 1 aromatic carbocycles. The molecule has 0 saturated carbocycles. The molecule has 0 saturated heterocycles. The van der Waals surface area contributed by atoms with E-state index in [0.717, 1.165) is 12.1 Å². The summed E-state index contributed by atoms with van der Waals surface area (Å²) < 4.78 is 13.8. The van der Waals surface area contributed by atoms with E-state index >= 15 is 0 Å². The first-order valence-electron chi connectivity index (χ1n) is 5.56. The van der Waals surface area contributed by atoms with Gasteiger partial charge in [0.1, 0.15) is 5.82 Å². The van der Waals surface area contributed by atoms with Crippen LogP contribution in [0.25, 0.3) is 11.3 Å². The zero-order valence-corrected chi connectivity index (χ0v) is 9.65. The van der Waals surface area contributed by atoms with Crippen molar-refractivity contribution >= 4 is 0 Å². The van der Waals surface area contributed by atoms with Gasteiger partial charge in [0.05, 0.1) is 11.9 Å². The lowest BCUT2D eigenvalue weighted by atomic mass is 10.1. The van der Waals surface area contributed by atoms with Crippen molar-refractivity contribution in [1.82, 2.24) is 15.3 Å². The van der Waals surface area contributed by atoms with Gasteiger partial charge in [0.15, 0.2) is 0 Å². The standard InChI is InChI=1S/C13H14FN3/c1-2-15-8-11-4-3-10(7-12(11)14)13-9-16-5-6-17-13/h3-7,9,15H,2,8H2,1H3. The number of rotatable bonds is 4. The third-order valence-electron chi connectivity index (χ3n) is 2.48. The molecule has 0 aliphatic rings. The summed E-state index contributed by atoms with van der Waals surface area (Å²) in [5, 5.41) is 3.10. The summed E-state index contributed by atoms with van der Waals surface area (Å²) in [6.07, 6.45) is 4.82. The monoisotopic (exact) mass is 231 g/mol. The van der Waals surface area contributed by atoms with Crippen LogP contribution in [0.1, 0.15) is 12.5 Å². The van der Waals surface area contributed by atoms with E-state index in [1.807, 2.05) is 13.0 Å². The van der Waals surface area contributed by atoms with Gasteiger partial charge in [-0.3, -0.25) is 9.97 Å². The molecule has 1 heterocycles. The number of aromatic nitrogens is 2. The number of halogens is 1. The van der Waals surface area contributed by atoms with Crippen LogP contribution >= 0.6 is 0 Å². The number of benzene rings is 1. The average Bonchev–Trinajstić information content (AvgIpc) is 2.38. The SMILES string of the molecule is CCNCc1ccc(-c2cnccn2)cc1F. The van der Waals surface area contributed by atoms with Gasteiger partial charge in [0.25, 0.3) is 0 Å². The van der Waals surface area contributed by atoms with E-state index in [1.54, 1.807) is 24.7 Å². The maximum absolute atomic E-state index is 13.8. The predicted octanol–water partition coefficient (Wildman–Crippen LogP) is 2.39. The van der Waals surface area contributed by atoms with Gasteiger partial charge in [-0.05, 0) is 12.6 Å². The molecule has 0 spiro atoms. The van der Waals surface area contributed by atoms with Gasteiger partial charge >= 0.3 is 0 Å². The molecule has 17 heavy (non-hydrogen) atoms. The van der Waals surface area contributed by atoms with E-state index < -0.39 is 0 Å².